The molecule has 1 aromatic carbocycles. The third-order valence-corrected chi connectivity index (χ3v) is 4.76. The van der Waals surface area contributed by atoms with Gasteiger partial charge in [0.15, 0.2) is 0 Å². The van der Waals surface area contributed by atoms with Crippen LogP contribution in [0, 0.1) is 6.92 Å². The molecule has 2 rings (SSSR count). The van der Waals surface area contributed by atoms with E-state index in [9.17, 15) is 14.4 Å². The van der Waals surface area contributed by atoms with Crippen molar-refractivity contribution < 1.29 is 19.1 Å². The van der Waals surface area contributed by atoms with E-state index in [-0.39, 0.29) is 15.4 Å². The van der Waals surface area contributed by atoms with Crippen LogP contribution in [-0.4, -0.2) is 24.9 Å². The monoisotopic (exact) mass is 396 g/mol. The number of halogens is 1. The van der Waals surface area contributed by atoms with E-state index in [0.29, 0.717) is 11.1 Å². The quantitative estimate of drug-likeness (QED) is 0.775. The van der Waals surface area contributed by atoms with Gasteiger partial charge in [0.25, 0.3) is 11.8 Å². The highest BCUT2D eigenvalue weighted by Crippen LogP contribution is 2.33. The highest BCUT2D eigenvalue weighted by molar-refractivity contribution is 9.10. The molecule has 0 spiro atoms. The molecule has 3 N–H and O–H groups in total. The first-order valence-electron chi connectivity index (χ1n) is 6.43. The van der Waals surface area contributed by atoms with Crippen LogP contribution in [0.15, 0.2) is 28.7 Å². The Labute approximate surface area is 144 Å². The van der Waals surface area contributed by atoms with E-state index in [2.05, 4.69) is 26.0 Å². The van der Waals surface area contributed by atoms with Gasteiger partial charge in [-0.15, -0.1) is 11.3 Å². The van der Waals surface area contributed by atoms with Crippen molar-refractivity contribution in [1.82, 2.24) is 0 Å². The number of amides is 2. The topological polar surface area (TPSA) is 98.5 Å². The van der Waals surface area contributed by atoms with Gasteiger partial charge in [0.05, 0.1) is 12.7 Å². The van der Waals surface area contributed by atoms with Crippen LogP contribution in [0.2, 0.25) is 0 Å². The van der Waals surface area contributed by atoms with Gasteiger partial charge in [-0.25, -0.2) is 4.79 Å². The first-order valence-corrected chi connectivity index (χ1v) is 8.04. The fraction of sp³-hybridized carbons (Fsp3) is 0.133. The third-order valence-electron chi connectivity index (χ3n) is 3.08. The number of carbonyl (C=O) groups excluding carboxylic acids is 3. The van der Waals surface area contributed by atoms with Crippen molar-refractivity contribution in [2.45, 2.75) is 6.92 Å². The summed E-state index contributed by atoms with van der Waals surface area (Å²) in [6, 6.07) is 6.77. The number of nitrogens with one attached hydrogen (secondary N) is 1. The summed E-state index contributed by atoms with van der Waals surface area (Å²) in [5.41, 5.74) is 6.27. The van der Waals surface area contributed by atoms with E-state index < -0.39 is 17.8 Å². The summed E-state index contributed by atoms with van der Waals surface area (Å²) >= 11 is 4.24. The summed E-state index contributed by atoms with van der Waals surface area (Å²) in [5, 5.41) is 2.85. The van der Waals surface area contributed by atoms with Gasteiger partial charge in [0.1, 0.15) is 9.88 Å². The zero-order chi connectivity index (χ0) is 17.1. The normalized spacial score (nSPS) is 10.2. The zero-order valence-electron chi connectivity index (χ0n) is 12.3. The maximum absolute atomic E-state index is 12.3. The molecule has 2 aromatic rings. The molecule has 23 heavy (non-hydrogen) atoms. The molecule has 6 nitrogen and oxygen atoms in total. The Morgan fingerprint density at radius 1 is 1.30 bits per heavy atom. The maximum atomic E-state index is 12.3. The number of ether oxygens (including phenoxy) is 1. The fourth-order valence-corrected chi connectivity index (χ4v) is 3.52. The molecule has 1 heterocycles. The summed E-state index contributed by atoms with van der Waals surface area (Å²) < 4.78 is 5.42. The van der Waals surface area contributed by atoms with Gasteiger partial charge in [-0.3, -0.25) is 9.59 Å². The molecule has 8 heteroatoms. The lowest BCUT2D eigenvalue weighted by molar-refractivity contribution is 0.0605. The molecule has 0 aliphatic rings. The van der Waals surface area contributed by atoms with Crippen molar-refractivity contribution in [1.29, 1.82) is 0 Å². The molecule has 0 saturated carbocycles. The SMILES string of the molecule is COC(=O)c1sc(NC(=O)c2cccc(Br)c2)c(C(N)=O)c1C. The Bertz CT molecular complexity index is 801. The molecule has 0 aliphatic heterocycles. The second-order valence-electron chi connectivity index (χ2n) is 4.58. The summed E-state index contributed by atoms with van der Waals surface area (Å²) in [7, 11) is 1.24. The average Bonchev–Trinajstić information content (AvgIpc) is 2.83. The molecule has 0 aliphatic carbocycles. The number of primary amides is 1. The number of anilines is 1. The number of esters is 1. The second kappa shape index (κ2) is 6.93. The summed E-state index contributed by atoms with van der Waals surface area (Å²) in [5.74, 6) is -1.72. The number of carbonyl (C=O) groups is 3. The van der Waals surface area contributed by atoms with E-state index in [4.69, 9.17) is 5.73 Å². The number of hydrogen-bond acceptors (Lipinski definition) is 5. The van der Waals surface area contributed by atoms with Gasteiger partial charge in [0, 0.05) is 10.0 Å². The summed E-state index contributed by atoms with van der Waals surface area (Å²) in [6.45, 7) is 1.58. The van der Waals surface area contributed by atoms with E-state index in [1.54, 1.807) is 31.2 Å². The summed E-state index contributed by atoms with van der Waals surface area (Å²) in [4.78, 5) is 35.9. The Balaban J connectivity index is 2.41. The number of benzene rings is 1. The number of methoxy groups -OCH3 is 1. The van der Waals surface area contributed by atoms with Crippen molar-refractivity contribution in [3.63, 3.8) is 0 Å². The zero-order valence-corrected chi connectivity index (χ0v) is 14.7. The number of thiophene rings is 1. The largest absolute Gasteiger partial charge is 0.465 e. The van der Waals surface area contributed by atoms with Crippen LogP contribution in [0.5, 0.6) is 0 Å². The van der Waals surface area contributed by atoms with Gasteiger partial charge in [0.2, 0.25) is 0 Å². The lowest BCUT2D eigenvalue weighted by Gasteiger charge is -2.05. The molecule has 0 saturated heterocycles. The molecule has 0 bridgehead atoms. The molecular formula is C15H13BrN2O4S. The molecule has 1 aromatic heterocycles. The van der Waals surface area contributed by atoms with Crippen LogP contribution in [-0.2, 0) is 4.74 Å². The standard InChI is InChI=1S/C15H13BrN2O4S/c1-7-10(12(17)19)14(23-11(7)15(21)22-2)18-13(20)8-4-3-5-9(16)6-8/h3-6H,1-2H3,(H2,17,19)(H,18,20). The van der Waals surface area contributed by atoms with Crippen LogP contribution in [0.4, 0.5) is 5.00 Å². The molecular weight excluding hydrogens is 384 g/mol. The number of hydrogen-bond donors (Lipinski definition) is 2. The highest BCUT2D eigenvalue weighted by atomic mass is 79.9. The van der Waals surface area contributed by atoms with Gasteiger partial charge in [-0.05, 0) is 30.7 Å². The molecule has 0 atom stereocenters. The average molecular weight is 397 g/mol. The Morgan fingerprint density at radius 2 is 2.00 bits per heavy atom. The minimum atomic E-state index is -0.724. The third kappa shape index (κ3) is 3.59. The lowest BCUT2D eigenvalue weighted by Crippen LogP contribution is -2.17. The first-order chi connectivity index (χ1) is 10.8. The predicted octanol–water partition coefficient (Wildman–Crippen LogP) is 2.96. The predicted molar refractivity (Wildman–Crippen MR) is 91.0 cm³/mol. The summed E-state index contributed by atoms with van der Waals surface area (Å²) in [6.07, 6.45) is 0. The highest BCUT2D eigenvalue weighted by Gasteiger charge is 2.25. The molecule has 0 unspecified atom stereocenters. The number of rotatable bonds is 4. The van der Waals surface area contributed by atoms with Crippen LogP contribution < -0.4 is 11.1 Å². The van der Waals surface area contributed by atoms with E-state index >= 15 is 0 Å². The van der Waals surface area contributed by atoms with Crippen LogP contribution in [0.1, 0.15) is 36.0 Å². The van der Waals surface area contributed by atoms with Crippen LogP contribution in [0.25, 0.3) is 0 Å². The number of nitrogens with two attached hydrogens (primary N) is 1. The minimum absolute atomic E-state index is 0.110. The first kappa shape index (κ1) is 17.2. The lowest BCUT2D eigenvalue weighted by atomic mass is 10.1. The fourth-order valence-electron chi connectivity index (χ4n) is 1.99. The van der Waals surface area contributed by atoms with E-state index in [0.717, 1.165) is 15.8 Å². The maximum Gasteiger partial charge on any atom is 0.348 e. The molecule has 0 fully saturated rings. The van der Waals surface area contributed by atoms with Gasteiger partial charge in [-0.2, -0.15) is 0 Å². The second-order valence-corrected chi connectivity index (χ2v) is 6.52. The van der Waals surface area contributed by atoms with E-state index in [1.165, 1.54) is 7.11 Å². The smallest absolute Gasteiger partial charge is 0.348 e. The Kier molecular flexibility index (Phi) is 5.17. The van der Waals surface area contributed by atoms with Crippen LogP contribution in [0.3, 0.4) is 0 Å². The van der Waals surface area contributed by atoms with Crippen LogP contribution >= 0.6 is 27.3 Å². The van der Waals surface area contributed by atoms with Crippen molar-refractivity contribution in [2.24, 2.45) is 5.73 Å². The van der Waals surface area contributed by atoms with Gasteiger partial charge >= 0.3 is 5.97 Å². The molecule has 0 radical (unpaired) electrons. The van der Waals surface area contributed by atoms with Crippen molar-refractivity contribution in [2.75, 3.05) is 12.4 Å². The molecule has 2 amide bonds. The van der Waals surface area contributed by atoms with Crippen molar-refractivity contribution >= 4 is 50.1 Å². The Hall–Kier alpha value is -2.19. The van der Waals surface area contributed by atoms with E-state index in [1.807, 2.05) is 0 Å². The molecule has 120 valence electrons. The Morgan fingerprint density at radius 3 is 2.57 bits per heavy atom. The van der Waals surface area contributed by atoms with Crippen molar-refractivity contribution in [3.05, 3.63) is 50.3 Å². The minimum Gasteiger partial charge on any atom is -0.465 e. The van der Waals surface area contributed by atoms with Gasteiger partial charge < -0.3 is 15.8 Å². The van der Waals surface area contributed by atoms with Gasteiger partial charge in [-0.1, -0.05) is 22.0 Å². The van der Waals surface area contributed by atoms with Crippen molar-refractivity contribution in [3.8, 4) is 0 Å².